The minimum atomic E-state index is -0.992. The summed E-state index contributed by atoms with van der Waals surface area (Å²) in [6.45, 7) is 2.06. The Morgan fingerprint density at radius 3 is 2.81 bits per heavy atom. The Hall–Kier alpha value is -2.89. The molecule has 4 rings (SSSR count). The predicted octanol–water partition coefficient (Wildman–Crippen LogP) is 4.95. The molecule has 1 aliphatic rings. The van der Waals surface area contributed by atoms with Gasteiger partial charge < -0.3 is 15.6 Å². The zero-order valence-electron chi connectivity index (χ0n) is 14.3. The van der Waals surface area contributed by atoms with E-state index in [1.807, 2.05) is 0 Å². The number of hydrogen-bond donors (Lipinski definition) is 3. The minimum Gasteiger partial charge on any atom is -0.356 e. The Balaban J connectivity index is 1.55. The Bertz CT molecular complexity index is 996. The molecule has 0 bridgehead atoms. The van der Waals surface area contributed by atoms with Crippen LogP contribution in [0.15, 0.2) is 36.4 Å². The summed E-state index contributed by atoms with van der Waals surface area (Å²) in [4.78, 5) is 15.7. The van der Waals surface area contributed by atoms with Crippen molar-refractivity contribution in [3.8, 4) is 0 Å². The molecule has 0 saturated heterocycles. The van der Waals surface area contributed by atoms with E-state index in [4.69, 9.17) is 0 Å². The maximum Gasteiger partial charge on any atom is 0.319 e. The largest absolute Gasteiger partial charge is 0.356 e. The van der Waals surface area contributed by atoms with Crippen LogP contribution in [-0.4, -0.2) is 11.0 Å². The number of fused-ring (bicyclic) bond motifs is 3. The first-order valence-electron chi connectivity index (χ1n) is 8.65. The molecule has 0 aliphatic heterocycles. The van der Waals surface area contributed by atoms with Gasteiger partial charge in [-0.1, -0.05) is 11.6 Å². The minimum absolute atomic E-state index is 0.142. The number of anilines is 1. The zero-order chi connectivity index (χ0) is 18.3. The third-order valence-electron chi connectivity index (χ3n) is 4.85. The number of hydrogen-bond acceptors (Lipinski definition) is 1. The molecule has 2 aromatic carbocycles. The number of amides is 2. The van der Waals surface area contributed by atoms with Crippen molar-refractivity contribution in [1.82, 2.24) is 10.3 Å². The van der Waals surface area contributed by atoms with Gasteiger partial charge in [-0.05, 0) is 56.0 Å². The highest BCUT2D eigenvalue weighted by Crippen LogP contribution is 2.35. The first-order chi connectivity index (χ1) is 12.5. The molecule has 0 radical (unpaired) electrons. The SMILES string of the molecule is Cc1ccc2[nH]c3c(c2c1)CCCC3NC(=O)Nc1ccc(F)c(F)c1. The first kappa shape index (κ1) is 16.6. The summed E-state index contributed by atoms with van der Waals surface area (Å²) in [6.07, 6.45) is 2.77. The van der Waals surface area contributed by atoms with Gasteiger partial charge in [0.2, 0.25) is 0 Å². The first-order valence-corrected chi connectivity index (χ1v) is 8.65. The molecule has 1 atom stereocenters. The van der Waals surface area contributed by atoms with Gasteiger partial charge in [0, 0.05) is 28.4 Å². The van der Waals surface area contributed by atoms with Crippen molar-refractivity contribution in [3.63, 3.8) is 0 Å². The third kappa shape index (κ3) is 3.03. The summed E-state index contributed by atoms with van der Waals surface area (Å²) in [5.74, 6) is -1.94. The average molecular weight is 355 g/mol. The fourth-order valence-electron chi connectivity index (χ4n) is 3.62. The van der Waals surface area contributed by atoms with Gasteiger partial charge in [0.05, 0.1) is 6.04 Å². The van der Waals surface area contributed by atoms with Crippen LogP contribution in [0.4, 0.5) is 19.3 Å². The van der Waals surface area contributed by atoms with Crippen LogP contribution in [-0.2, 0) is 6.42 Å². The van der Waals surface area contributed by atoms with Gasteiger partial charge in [0.25, 0.3) is 0 Å². The van der Waals surface area contributed by atoms with Gasteiger partial charge in [-0.3, -0.25) is 0 Å². The van der Waals surface area contributed by atoms with Crippen LogP contribution in [0.1, 0.15) is 35.7 Å². The summed E-state index contributed by atoms with van der Waals surface area (Å²) in [5.41, 5.74) is 4.75. The lowest BCUT2D eigenvalue weighted by Crippen LogP contribution is -2.34. The van der Waals surface area contributed by atoms with Crippen molar-refractivity contribution < 1.29 is 13.6 Å². The van der Waals surface area contributed by atoms with Crippen molar-refractivity contribution >= 4 is 22.6 Å². The summed E-state index contributed by atoms with van der Waals surface area (Å²) in [5, 5.41) is 6.70. The van der Waals surface area contributed by atoms with E-state index >= 15 is 0 Å². The zero-order valence-corrected chi connectivity index (χ0v) is 14.3. The van der Waals surface area contributed by atoms with Crippen molar-refractivity contribution in [2.45, 2.75) is 32.2 Å². The second-order valence-corrected chi connectivity index (χ2v) is 6.74. The monoisotopic (exact) mass is 355 g/mol. The van der Waals surface area contributed by atoms with Gasteiger partial charge in [-0.2, -0.15) is 0 Å². The normalized spacial score (nSPS) is 16.3. The maximum atomic E-state index is 13.3. The summed E-state index contributed by atoms with van der Waals surface area (Å²) in [7, 11) is 0. The number of benzene rings is 2. The number of carbonyl (C=O) groups excluding carboxylic acids is 1. The molecule has 1 aromatic heterocycles. The molecular weight excluding hydrogens is 336 g/mol. The number of aromatic amines is 1. The molecule has 1 unspecified atom stereocenters. The lowest BCUT2D eigenvalue weighted by molar-refractivity contribution is 0.247. The van der Waals surface area contributed by atoms with E-state index in [1.165, 1.54) is 22.6 Å². The van der Waals surface area contributed by atoms with E-state index in [0.717, 1.165) is 42.6 Å². The summed E-state index contributed by atoms with van der Waals surface area (Å²) in [6, 6.07) is 8.98. The van der Waals surface area contributed by atoms with Crippen LogP contribution in [0.5, 0.6) is 0 Å². The van der Waals surface area contributed by atoms with Crippen LogP contribution >= 0.6 is 0 Å². The van der Waals surface area contributed by atoms with Crippen LogP contribution < -0.4 is 10.6 Å². The second kappa shape index (κ2) is 6.44. The number of nitrogens with one attached hydrogen (secondary N) is 3. The number of urea groups is 1. The molecule has 26 heavy (non-hydrogen) atoms. The Morgan fingerprint density at radius 2 is 2.00 bits per heavy atom. The molecule has 3 N–H and O–H groups in total. The van der Waals surface area contributed by atoms with E-state index < -0.39 is 17.7 Å². The van der Waals surface area contributed by atoms with E-state index in [0.29, 0.717) is 0 Å². The van der Waals surface area contributed by atoms with E-state index in [2.05, 4.69) is 40.7 Å². The number of aryl methyl sites for hydroxylation is 2. The number of H-pyrrole nitrogens is 1. The van der Waals surface area contributed by atoms with Crippen LogP contribution in [0, 0.1) is 18.6 Å². The van der Waals surface area contributed by atoms with Crippen molar-refractivity contribution in [1.29, 1.82) is 0 Å². The molecule has 4 nitrogen and oxygen atoms in total. The average Bonchev–Trinajstić information content (AvgIpc) is 2.97. The Kier molecular flexibility index (Phi) is 4.11. The number of rotatable bonds is 2. The van der Waals surface area contributed by atoms with Crippen molar-refractivity contribution in [2.24, 2.45) is 0 Å². The van der Waals surface area contributed by atoms with Crippen LogP contribution in [0.3, 0.4) is 0 Å². The molecule has 6 heteroatoms. The third-order valence-corrected chi connectivity index (χ3v) is 4.85. The molecule has 0 saturated carbocycles. The molecule has 2 amide bonds. The lowest BCUT2D eigenvalue weighted by atomic mass is 9.91. The van der Waals surface area contributed by atoms with Gasteiger partial charge in [0.15, 0.2) is 11.6 Å². The quantitative estimate of drug-likeness (QED) is 0.598. The van der Waals surface area contributed by atoms with Gasteiger partial charge >= 0.3 is 6.03 Å². The second-order valence-electron chi connectivity index (χ2n) is 6.74. The fourth-order valence-corrected chi connectivity index (χ4v) is 3.62. The summed E-state index contributed by atoms with van der Waals surface area (Å²) >= 11 is 0. The molecule has 0 fully saturated rings. The Morgan fingerprint density at radius 1 is 1.15 bits per heavy atom. The predicted molar refractivity (Wildman–Crippen MR) is 97.2 cm³/mol. The van der Waals surface area contributed by atoms with Crippen molar-refractivity contribution in [2.75, 3.05) is 5.32 Å². The van der Waals surface area contributed by atoms with Gasteiger partial charge in [-0.15, -0.1) is 0 Å². The van der Waals surface area contributed by atoms with Gasteiger partial charge in [0.1, 0.15) is 0 Å². The molecule has 134 valence electrons. The van der Waals surface area contributed by atoms with Gasteiger partial charge in [-0.25, -0.2) is 13.6 Å². The highest BCUT2D eigenvalue weighted by Gasteiger charge is 2.25. The van der Waals surface area contributed by atoms with E-state index in [9.17, 15) is 13.6 Å². The standard InChI is InChI=1S/C20H19F2N3O/c1-11-5-8-17-14(9-11)13-3-2-4-18(19(13)24-17)25-20(26)23-12-6-7-15(21)16(22)10-12/h5-10,18,24H,2-4H2,1H3,(H2,23,25,26). The smallest absolute Gasteiger partial charge is 0.319 e. The molecule has 0 spiro atoms. The maximum absolute atomic E-state index is 13.3. The highest BCUT2D eigenvalue weighted by atomic mass is 19.2. The number of aromatic nitrogens is 1. The summed E-state index contributed by atoms with van der Waals surface area (Å²) < 4.78 is 26.3. The molecular formula is C20H19F2N3O. The van der Waals surface area contributed by atoms with Crippen LogP contribution in [0.25, 0.3) is 10.9 Å². The number of halogens is 2. The van der Waals surface area contributed by atoms with Crippen LogP contribution in [0.2, 0.25) is 0 Å². The highest BCUT2D eigenvalue weighted by molar-refractivity contribution is 5.90. The lowest BCUT2D eigenvalue weighted by Gasteiger charge is -2.24. The molecule has 1 heterocycles. The topological polar surface area (TPSA) is 56.9 Å². The van der Waals surface area contributed by atoms with E-state index in [-0.39, 0.29) is 11.7 Å². The Labute approximate surface area is 149 Å². The fraction of sp³-hybridized carbons (Fsp3) is 0.250. The molecule has 3 aromatic rings. The van der Waals surface area contributed by atoms with Crippen molar-refractivity contribution in [3.05, 3.63) is 64.9 Å². The van der Waals surface area contributed by atoms with E-state index in [1.54, 1.807) is 0 Å². The number of carbonyl (C=O) groups is 1. The molecule has 1 aliphatic carbocycles.